The van der Waals surface area contributed by atoms with Crippen LogP contribution in [0.25, 0.3) is 5.57 Å². The van der Waals surface area contributed by atoms with Gasteiger partial charge < -0.3 is 16.0 Å². The summed E-state index contributed by atoms with van der Waals surface area (Å²) in [5.74, 6) is -1.09. The largest absolute Gasteiger partial charge is 0.370 e. The molecule has 2 aromatic carbocycles. The second-order valence-electron chi connectivity index (χ2n) is 12.2. The van der Waals surface area contributed by atoms with Crippen LogP contribution in [0.5, 0.6) is 0 Å². The average molecular weight is 567 g/mol. The third-order valence-corrected chi connectivity index (χ3v) is 9.63. The molecule has 2 aromatic rings. The molecule has 1 unspecified atom stereocenters. The second kappa shape index (κ2) is 11.8. The number of nitrogens with zero attached hydrogens (tertiary/aromatic N) is 2. The first kappa shape index (κ1) is 30.0. The van der Waals surface area contributed by atoms with E-state index in [0.29, 0.717) is 6.54 Å². The molecule has 1 saturated heterocycles. The molecule has 40 heavy (non-hydrogen) atoms. The summed E-state index contributed by atoms with van der Waals surface area (Å²) in [7, 11) is -3.99. The van der Waals surface area contributed by atoms with Gasteiger partial charge in [-0.25, -0.2) is 8.42 Å². The van der Waals surface area contributed by atoms with Crippen molar-refractivity contribution in [1.82, 2.24) is 14.5 Å². The number of amides is 2. The minimum absolute atomic E-state index is 0.0973. The van der Waals surface area contributed by atoms with Crippen molar-refractivity contribution in [1.29, 1.82) is 0 Å². The van der Waals surface area contributed by atoms with Crippen LogP contribution in [0.15, 0.2) is 53.9 Å². The standard InChI is InChI=1S/C31H42N4O4S/c1-21-9-12-25(13-10-21)40(38,39)35-16-15-34(30(37)28(35)18-29(32)36)27-8-6-7-24-17-23(11-14-26(24)27)22(2)19-33-20-31(3,4)5/h9-14,17,27-28,33H,2,6-8,15-16,18-20H2,1,3-5H3,(H2,32,36)/t27-,28?/m1/s1. The number of aryl methyl sites for hydroxylation is 2. The molecule has 1 aliphatic heterocycles. The summed E-state index contributed by atoms with van der Waals surface area (Å²) in [6, 6.07) is 11.5. The van der Waals surface area contributed by atoms with E-state index < -0.39 is 22.0 Å². The highest BCUT2D eigenvalue weighted by Gasteiger charge is 2.45. The Morgan fingerprint density at radius 3 is 2.48 bits per heavy atom. The number of carbonyl (C=O) groups is 2. The molecule has 0 bridgehead atoms. The number of fused-ring (bicyclic) bond motifs is 1. The molecule has 2 atom stereocenters. The Hall–Kier alpha value is -3.01. The van der Waals surface area contributed by atoms with Crippen molar-refractivity contribution in [3.8, 4) is 0 Å². The highest BCUT2D eigenvalue weighted by Crippen LogP contribution is 2.38. The number of sulfonamides is 1. The summed E-state index contributed by atoms with van der Waals surface area (Å²) < 4.78 is 28.2. The normalized spacial score (nSPS) is 20.3. The Balaban J connectivity index is 1.56. The SMILES string of the molecule is C=C(CNCC(C)(C)C)c1ccc2c(c1)CCC[C@H]2N1CCN(S(=O)(=O)c2ccc(C)cc2)C(CC(N)=O)C1=O. The fourth-order valence-electron chi connectivity index (χ4n) is 5.63. The van der Waals surface area contributed by atoms with E-state index in [9.17, 15) is 18.0 Å². The Kier molecular flexibility index (Phi) is 8.87. The number of nitrogens with two attached hydrogens (primary N) is 1. The minimum atomic E-state index is -3.99. The van der Waals surface area contributed by atoms with Crippen LogP contribution < -0.4 is 11.1 Å². The second-order valence-corrected chi connectivity index (χ2v) is 14.1. The van der Waals surface area contributed by atoms with Gasteiger partial charge in [-0.1, -0.05) is 63.2 Å². The van der Waals surface area contributed by atoms with Crippen LogP contribution in [0, 0.1) is 12.3 Å². The Labute approximate surface area is 238 Å². The van der Waals surface area contributed by atoms with Gasteiger partial charge >= 0.3 is 0 Å². The molecule has 0 aromatic heterocycles. The molecule has 0 saturated carbocycles. The summed E-state index contributed by atoms with van der Waals surface area (Å²) in [6.45, 7) is 14.7. The number of nitrogens with one attached hydrogen (secondary N) is 1. The predicted octanol–water partition coefficient (Wildman–Crippen LogP) is 3.80. The Bertz CT molecular complexity index is 1380. The highest BCUT2D eigenvalue weighted by molar-refractivity contribution is 7.89. The summed E-state index contributed by atoms with van der Waals surface area (Å²) in [5, 5.41) is 3.48. The molecule has 0 spiro atoms. The molecule has 3 N–H and O–H groups in total. The van der Waals surface area contributed by atoms with Crippen LogP contribution in [0.2, 0.25) is 0 Å². The maximum atomic E-state index is 13.9. The number of piperazine rings is 1. The number of hydrogen-bond donors (Lipinski definition) is 2. The van der Waals surface area contributed by atoms with Gasteiger partial charge in [0.25, 0.3) is 0 Å². The van der Waals surface area contributed by atoms with E-state index in [1.54, 1.807) is 17.0 Å². The first-order valence-electron chi connectivity index (χ1n) is 14.0. The average Bonchev–Trinajstić information content (AvgIpc) is 2.88. The number of rotatable bonds is 9. The smallest absolute Gasteiger partial charge is 0.243 e. The van der Waals surface area contributed by atoms with Crippen molar-refractivity contribution < 1.29 is 18.0 Å². The zero-order valence-corrected chi connectivity index (χ0v) is 24.9. The summed E-state index contributed by atoms with van der Waals surface area (Å²) in [6.07, 6.45) is 2.23. The molecule has 4 rings (SSSR count). The van der Waals surface area contributed by atoms with Gasteiger partial charge in [-0.05, 0) is 66.0 Å². The summed E-state index contributed by atoms with van der Waals surface area (Å²) in [4.78, 5) is 27.7. The lowest BCUT2D eigenvalue weighted by molar-refractivity contribution is -0.144. The van der Waals surface area contributed by atoms with Gasteiger partial charge in [0.15, 0.2) is 0 Å². The lowest BCUT2D eigenvalue weighted by atomic mass is 9.84. The van der Waals surface area contributed by atoms with Gasteiger partial charge in [0, 0.05) is 26.2 Å². The van der Waals surface area contributed by atoms with E-state index in [0.717, 1.165) is 52.4 Å². The minimum Gasteiger partial charge on any atom is -0.370 e. The zero-order valence-electron chi connectivity index (χ0n) is 24.1. The van der Waals surface area contributed by atoms with Crippen molar-refractivity contribution in [2.45, 2.75) is 70.4 Å². The van der Waals surface area contributed by atoms with Crippen molar-refractivity contribution in [2.24, 2.45) is 11.1 Å². The lowest BCUT2D eigenvalue weighted by Gasteiger charge is -2.44. The van der Waals surface area contributed by atoms with E-state index in [2.05, 4.69) is 50.9 Å². The van der Waals surface area contributed by atoms with E-state index >= 15 is 0 Å². The number of hydrogen-bond acceptors (Lipinski definition) is 5. The first-order chi connectivity index (χ1) is 18.8. The van der Waals surface area contributed by atoms with E-state index in [1.807, 2.05) is 6.92 Å². The predicted molar refractivity (Wildman–Crippen MR) is 158 cm³/mol. The van der Waals surface area contributed by atoms with Gasteiger partial charge in [0.2, 0.25) is 21.8 Å². The fourth-order valence-corrected chi connectivity index (χ4v) is 7.20. The maximum absolute atomic E-state index is 13.9. The lowest BCUT2D eigenvalue weighted by Crippen LogP contribution is -2.60. The van der Waals surface area contributed by atoms with Gasteiger partial charge in [-0.15, -0.1) is 0 Å². The molecule has 1 heterocycles. The Morgan fingerprint density at radius 1 is 1.12 bits per heavy atom. The van der Waals surface area contributed by atoms with Crippen LogP contribution in [0.4, 0.5) is 0 Å². The number of carbonyl (C=O) groups excluding carboxylic acids is 2. The molecule has 2 aliphatic rings. The molecule has 0 radical (unpaired) electrons. The number of primary amides is 1. The van der Waals surface area contributed by atoms with E-state index in [-0.39, 0.29) is 41.8 Å². The molecular formula is C31H42N4O4S. The van der Waals surface area contributed by atoms with Gasteiger partial charge in [0.1, 0.15) is 6.04 Å². The van der Waals surface area contributed by atoms with Crippen LogP contribution in [0.1, 0.15) is 68.3 Å². The fraction of sp³-hybridized carbons (Fsp3) is 0.484. The molecule has 8 nitrogen and oxygen atoms in total. The monoisotopic (exact) mass is 566 g/mol. The van der Waals surface area contributed by atoms with Crippen molar-refractivity contribution in [3.05, 3.63) is 71.3 Å². The van der Waals surface area contributed by atoms with Gasteiger partial charge in [0.05, 0.1) is 17.4 Å². The van der Waals surface area contributed by atoms with Gasteiger partial charge in [-0.2, -0.15) is 4.31 Å². The summed E-state index contributed by atoms with van der Waals surface area (Å²) >= 11 is 0. The number of benzene rings is 2. The van der Waals surface area contributed by atoms with E-state index in [4.69, 9.17) is 5.73 Å². The zero-order chi connectivity index (χ0) is 29.2. The van der Waals surface area contributed by atoms with Crippen LogP contribution in [0.3, 0.4) is 0 Å². The summed E-state index contributed by atoms with van der Waals surface area (Å²) in [5.41, 5.74) is 11.0. The third-order valence-electron chi connectivity index (χ3n) is 7.70. The van der Waals surface area contributed by atoms with Crippen LogP contribution in [-0.4, -0.2) is 61.7 Å². The topological polar surface area (TPSA) is 113 Å². The molecular weight excluding hydrogens is 524 g/mol. The van der Waals surface area contributed by atoms with E-state index in [1.165, 1.54) is 17.7 Å². The molecule has 1 fully saturated rings. The molecule has 1 aliphatic carbocycles. The maximum Gasteiger partial charge on any atom is 0.243 e. The van der Waals surface area contributed by atoms with Crippen molar-refractivity contribution in [3.63, 3.8) is 0 Å². The van der Waals surface area contributed by atoms with Crippen molar-refractivity contribution in [2.75, 3.05) is 26.2 Å². The molecule has 2 amide bonds. The Morgan fingerprint density at radius 2 is 1.82 bits per heavy atom. The van der Waals surface area contributed by atoms with Gasteiger partial charge in [-0.3, -0.25) is 9.59 Å². The van der Waals surface area contributed by atoms with Crippen molar-refractivity contribution >= 4 is 27.4 Å². The molecule has 216 valence electrons. The quantitative estimate of drug-likeness (QED) is 0.480. The van der Waals surface area contributed by atoms with Crippen LogP contribution in [-0.2, 0) is 26.0 Å². The first-order valence-corrected chi connectivity index (χ1v) is 15.4. The highest BCUT2D eigenvalue weighted by atomic mass is 32.2. The van der Waals surface area contributed by atoms with Crippen LogP contribution >= 0.6 is 0 Å². The molecule has 9 heteroatoms. The third kappa shape index (κ3) is 6.65.